The smallest absolute Gasteiger partial charge is 0.285 e. The van der Waals surface area contributed by atoms with E-state index < -0.39 is 5.79 Å². The van der Waals surface area contributed by atoms with Crippen LogP contribution in [0.15, 0.2) is 59.4 Å². The lowest BCUT2D eigenvalue weighted by atomic mass is 10.1. The highest BCUT2D eigenvalue weighted by Gasteiger charge is 2.39. The van der Waals surface area contributed by atoms with Crippen molar-refractivity contribution >= 4 is 23.2 Å². The summed E-state index contributed by atoms with van der Waals surface area (Å²) >= 11 is 1.35. The van der Waals surface area contributed by atoms with E-state index in [1.54, 1.807) is 12.5 Å². The number of aliphatic imine (C=N–C) groups is 1. The summed E-state index contributed by atoms with van der Waals surface area (Å²) in [4.78, 5) is 21.6. The zero-order valence-corrected chi connectivity index (χ0v) is 14.8. The molecule has 4 rings (SSSR count). The number of hydrazine groups is 1. The minimum Gasteiger partial charge on any atom is -0.368 e. The number of guanidine groups is 1. The first-order valence-electron chi connectivity index (χ1n) is 7.87. The fraction of sp³-hybridized carbons (Fsp3) is 0.118. The fourth-order valence-corrected chi connectivity index (χ4v) is 3.61. The number of nitrogens with one attached hydrogen (secondary N) is 1. The van der Waals surface area contributed by atoms with Crippen molar-refractivity contribution in [1.82, 2.24) is 20.0 Å². The molecule has 0 fully saturated rings. The third-order valence-electron chi connectivity index (χ3n) is 4.17. The average Bonchev–Trinajstić information content (AvgIpc) is 3.36. The summed E-state index contributed by atoms with van der Waals surface area (Å²) in [6.45, 7) is 1.87. The maximum atomic E-state index is 12.7. The molecule has 3 aromatic rings. The fourth-order valence-electron chi connectivity index (χ4n) is 2.76. The lowest BCUT2D eigenvalue weighted by molar-refractivity contribution is 0.0757. The molecule has 1 unspecified atom stereocenters. The monoisotopic (exact) mass is 367 g/mol. The lowest BCUT2D eigenvalue weighted by Crippen LogP contribution is -2.54. The van der Waals surface area contributed by atoms with Crippen molar-refractivity contribution in [3.05, 3.63) is 70.4 Å². The van der Waals surface area contributed by atoms with E-state index in [-0.39, 0.29) is 11.9 Å². The van der Waals surface area contributed by atoms with Crippen molar-refractivity contribution in [2.45, 2.75) is 12.7 Å². The van der Waals surface area contributed by atoms with Gasteiger partial charge in [-0.3, -0.25) is 10.5 Å². The van der Waals surface area contributed by atoms with Crippen molar-refractivity contribution in [2.24, 2.45) is 16.5 Å². The number of hydrogen-bond donors (Lipinski definition) is 3. The number of carbonyl (C=O) groups is 1. The summed E-state index contributed by atoms with van der Waals surface area (Å²) in [5.74, 6) is -1.55. The average molecular weight is 367 g/mol. The number of benzene rings is 1. The first-order chi connectivity index (χ1) is 12.5. The van der Waals surface area contributed by atoms with Crippen LogP contribution < -0.4 is 16.9 Å². The summed E-state index contributed by atoms with van der Waals surface area (Å²) in [6, 6.07) is 9.35. The first-order valence-corrected chi connectivity index (χ1v) is 8.75. The minimum atomic E-state index is -1.31. The van der Waals surface area contributed by atoms with Gasteiger partial charge in [-0.05, 0) is 36.1 Å². The normalized spacial score (nSPS) is 19.6. The van der Waals surface area contributed by atoms with Crippen LogP contribution >= 0.6 is 11.3 Å². The Morgan fingerprint density at radius 3 is 2.65 bits per heavy atom. The Morgan fingerprint density at radius 1 is 1.27 bits per heavy atom. The van der Waals surface area contributed by atoms with Gasteiger partial charge in [-0.1, -0.05) is 12.1 Å². The van der Waals surface area contributed by atoms with E-state index in [4.69, 9.17) is 11.5 Å². The van der Waals surface area contributed by atoms with Crippen molar-refractivity contribution in [1.29, 1.82) is 0 Å². The largest absolute Gasteiger partial charge is 0.368 e. The van der Waals surface area contributed by atoms with Gasteiger partial charge in [0.15, 0.2) is 0 Å². The van der Waals surface area contributed by atoms with Crippen LogP contribution in [0.25, 0.3) is 5.69 Å². The molecule has 2 aromatic heterocycles. The number of aryl methyl sites for hydroxylation is 1. The second kappa shape index (κ2) is 6.06. The predicted molar refractivity (Wildman–Crippen MR) is 99.4 cm³/mol. The maximum Gasteiger partial charge on any atom is 0.285 e. The Kier molecular flexibility index (Phi) is 3.83. The van der Waals surface area contributed by atoms with Gasteiger partial charge in [0.2, 0.25) is 11.7 Å². The van der Waals surface area contributed by atoms with Crippen molar-refractivity contribution in [3.63, 3.8) is 0 Å². The second-order valence-corrected chi connectivity index (χ2v) is 6.85. The van der Waals surface area contributed by atoms with E-state index in [0.717, 1.165) is 11.3 Å². The van der Waals surface area contributed by atoms with Gasteiger partial charge in [-0.25, -0.2) is 15.0 Å². The summed E-state index contributed by atoms with van der Waals surface area (Å²) < 4.78 is 1.88. The Morgan fingerprint density at radius 2 is 2.04 bits per heavy atom. The van der Waals surface area contributed by atoms with Crippen molar-refractivity contribution < 1.29 is 4.79 Å². The molecule has 1 aromatic carbocycles. The molecule has 8 nitrogen and oxygen atoms in total. The number of aromatic nitrogens is 2. The Balaban J connectivity index is 1.60. The summed E-state index contributed by atoms with van der Waals surface area (Å²) in [5, 5.41) is 3.05. The molecule has 26 heavy (non-hydrogen) atoms. The topological polar surface area (TPSA) is 115 Å². The Hall–Kier alpha value is -3.01. The molecule has 1 amide bonds. The van der Waals surface area contributed by atoms with Gasteiger partial charge < -0.3 is 10.3 Å². The van der Waals surface area contributed by atoms with Crippen LogP contribution in [0.3, 0.4) is 0 Å². The van der Waals surface area contributed by atoms with E-state index in [1.807, 2.05) is 53.4 Å². The summed E-state index contributed by atoms with van der Waals surface area (Å²) in [6.07, 6.45) is 5.26. The number of rotatable bonds is 3. The molecular weight excluding hydrogens is 350 g/mol. The third kappa shape index (κ3) is 2.68. The molecule has 0 aliphatic carbocycles. The molecule has 0 radical (unpaired) electrons. The van der Waals surface area contributed by atoms with Crippen LogP contribution in [0.1, 0.15) is 20.8 Å². The molecule has 5 N–H and O–H groups in total. The first kappa shape index (κ1) is 16.5. The molecule has 3 heterocycles. The quantitative estimate of drug-likeness (QED) is 0.645. The Bertz CT molecular complexity index is 977. The predicted octanol–water partition coefficient (Wildman–Crippen LogP) is 1.29. The number of hydrogen-bond acceptors (Lipinski definition) is 7. The van der Waals surface area contributed by atoms with Gasteiger partial charge in [-0.15, -0.1) is 11.3 Å². The van der Waals surface area contributed by atoms with Crippen molar-refractivity contribution in [2.75, 3.05) is 0 Å². The summed E-state index contributed by atoms with van der Waals surface area (Å²) in [7, 11) is 0. The molecule has 132 valence electrons. The standard InChI is InChI=1S/C17H17N7OS/c1-11-6-9-26-14(11)15(25)24-16(18)21-17(19,22-24)12-2-4-13(5-3-12)23-8-7-20-10-23/h2-10,22H,19H2,1H3,(H2,18,21). The lowest BCUT2D eigenvalue weighted by Gasteiger charge is -2.24. The highest BCUT2D eigenvalue weighted by atomic mass is 32.1. The van der Waals surface area contributed by atoms with Crippen LogP contribution in [0.2, 0.25) is 0 Å². The zero-order valence-electron chi connectivity index (χ0n) is 14.0. The van der Waals surface area contributed by atoms with E-state index in [2.05, 4.69) is 15.4 Å². The highest BCUT2D eigenvalue weighted by Crippen LogP contribution is 2.25. The van der Waals surface area contributed by atoms with Gasteiger partial charge >= 0.3 is 0 Å². The molecule has 1 aliphatic rings. The van der Waals surface area contributed by atoms with Gasteiger partial charge in [0.1, 0.15) is 0 Å². The van der Waals surface area contributed by atoms with Crippen LogP contribution in [0.5, 0.6) is 0 Å². The third-order valence-corrected chi connectivity index (χ3v) is 5.18. The number of imidazole rings is 1. The molecular formula is C17H17N7OS. The highest BCUT2D eigenvalue weighted by molar-refractivity contribution is 7.12. The van der Waals surface area contributed by atoms with E-state index >= 15 is 0 Å². The van der Waals surface area contributed by atoms with Gasteiger partial charge in [0.25, 0.3) is 5.91 Å². The molecule has 0 spiro atoms. The number of nitrogens with two attached hydrogens (primary N) is 2. The van der Waals surface area contributed by atoms with Crippen LogP contribution in [-0.4, -0.2) is 26.4 Å². The van der Waals surface area contributed by atoms with Crippen molar-refractivity contribution in [3.8, 4) is 5.69 Å². The number of nitrogens with zero attached hydrogens (tertiary/aromatic N) is 4. The van der Waals surface area contributed by atoms with Crippen LogP contribution in [-0.2, 0) is 5.79 Å². The summed E-state index contributed by atoms with van der Waals surface area (Å²) in [5.41, 5.74) is 17.8. The SMILES string of the molecule is Cc1ccsc1C(=O)N1NC(N)(c2ccc(-n3ccnc3)cc2)N=C1N. The second-order valence-electron chi connectivity index (χ2n) is 5.94. The maximum absolute atomic E-state index is 12.7. The Labute approximate surface area is 153 Å². The van der Waals surface area contributed by atoms with Crippen LogP contribution in [0, 0.1) is 6.92 Å². The van der Waals surface area contributed by atoms with Crippen LogP contribution in [0.4, 0.5) is 0 Å². The zero-order chi connectivity index (χ0) is 18.3. The van der Waals surface area contributed by atoms with Gasteiger partial charge in [0.05, 0.1) is 11.2 Å². The van der Waals surface area contributed by atoms with E-state index in [9.17, 15) is 4.79 Å². The molecule has 9 heteroatoms. The molecule has 0 saturated carbocycles. The number of thiophene rings is 1. The van der Waals surface area contributed by atoms with Gasteiger partial charge in [0, 0.05) is 23.6 Å². The molecule has 0 saturated heterocycles. The molecule has 0 bridgehead atoms. The minimum absolute atomic E-state index is 0.0315. The van der Waals surface area contributed by atoms with E-state index in [0.29, 0.717) is 10.4 Å². The molecule has 1 atom stereocenters. The van der Waals surface area contributed by atoms with Gasteiger partial charge in [-0.2, -0.15) is 5.43 Å². The molecule has 1 aliphatic heterocycles. The number of carbonyl (C=O) groups excluding carboxylic acids is 1. The van der Waals surface area contributed by atoms with E-state index in [1.165, 1.54) is 16.3 Å². The number of amides is 1.